The molecule has 2 aromatic carbocycles. The number of hydrogen-bond donors (Lipinski definition) is 3. The van der Waals surface area contributed by atoms with Crippen LogP contribution in [0.3, 0.4) is 0 Å². The van der Waals surface area contributed by atoms with E-state index in [1.165, 1.54) is 25.1 Å². The maximum atomic E-state index is 12.7. The highest BCUT2D eigenvalue weighted by atomic mass is 35.5. The van der Waals surface area contributed by atoms with Gasteiger partial charge in [0.05, 0.1) is 18.1 Å². The van der Waals surface area contributed by atoms with Gasteiger partial charge in [-0.15, -0.1) is 0 Å². The Balaban J connectivity index is 2.26. The number of aliphatic hydroxyl groups excluding tert-OH is 1. The molecule has 0 amide bonds. The molecular formula is C18H16ClF3N2O2. The molecule has 0 aliphatic rings. The average molecular weight is 385 g/mol. The van der Waals surface area contributed by atoms with Crippen LogP contribution in [0, 0.1) is 10.8 Å². The maximum Gasteiger partial charge on any atom is 0.416 e. The predicted octanol–water partition coefficient (Wildman–Crippen LogP) is 5.44. The number of ether oxygens (including phenoxy) is 1. The monoisotopic (exact) mass is 384 g/mol. The first-order valence-corrected chi connectivity index (χ1v) is 7.91. The van der Waals surface area contributed by atoms with Gasteiger partial charge >= 0.3 is 6.18 Å². The molecule has 1 atom stereocenters. The van der Waals surface area contributed by atoms with Gasteiger partial charge in [-0.2, -0.15) is 13.2 Å². The molecule has 1 unspecified atom stereocenters. The summed E-state index contributed by atoms with van der Waals surface area (Å²) in [6.07, 6.45) is -5.75. The van der Waals surface area contributed by atoms with E-state index in [4.69, 9.17) is 27.2 Å². The van der Waals surface area contributed by atoms with Crippen LogP contribution in [0.15, 0.2) is 42.5 Å². The third kappa shape index (κ3) is 5.06. The molecule has 0 aliphatic heterocycles. The quantitative estimate of drug-likeness (QED) is 0.485. The highest BCUT2D eigenvalue weighted by Crippen LogP contribution is 2.33. The number of benzene rings is 2. The second kappa shape index (κ2) is 7.88. The molecule has 0 aliphatic carbocycles. The second-order valence-electron chi connectivity index (χ2n) is 5.61. The van der Waals surface area contributed by atoms with E-state index in [1.54, 1.807) is 12.1 Å². The van der Waals surface area contributed by atoms with Crippen LogP contribution in [0.1, 0.15) is 30.6 Å². The van der Waals surface area contributed by atoms with E-state index in [2.05, 4.69) is 0 Å². The van der Waals surface area contributed by atoms with Crippen molar-refractivity contribution in [2.75, 3.05) is 0 Å². The Morgan fingerprint density at radius 1 is 1.12 bits per heavy atom. The first-order valence-electron chi connectivity index (χ1n) is 7.53. The molecule has 0 heterocycles. The minimum absolute atomic E-state index is 0.174. The maximum absolute atomic E-state index is 12.7. The van der Waals surface area contributed by atoms with Crippen LogP contribution in [0.2, 0.25) is 5.02 Å². The fraction of sp³-hybridized carbons (Fsp3) is 0.222. The molecule has 0 bridgehead atoms. The Labute approximate surface area is 153 Å². The summed E-state index contributed by atoms with van der Waals surface area (Å²) in [5.74, 6) is -0.465. The number of aliphatic hydroxyl groups is 1. The molecule has 26 heavy (non-hydrogen) atoms. The Morgan fingerprint density at radius 2 is 1.69 bits per heavy atom. The first-order chi connectivity index (χ1) is 12.1. The lowest BCUT2D eigenvalue weighted by Crippen LogP contribution is -2.12. The fourth-order valence-electron chi connectivity index (χ4n) is 2.34. The number of nitrogens with one attached hydrogen (secondary N) is 2. The normalized spacial score (nSPS) is 12.5. The molecule has 3 N–H and O–H groups in total. The Morgan fingerprint density at radius 3 is 2.23 bits per heavy atom. The van der Waals surface area contributed by atoms with Gasteiger partial charge in [-0.25, -0.2) is 0 Å². The minimum atomic E-state index is -4.41. The summed E-state index contributed by atoms with van der Waals surface area (Å²) >= 11 is 6.09. The third-order valence-corrected chi connectivity index (χ3v) is 3.90. The van der Waals surface area contributed by atoms with Crippen LogP contribution in [0.5, 0.6) is 0 Å². The molecule has 0 aromatic heterocycles. The topological polar surface area (TPSA) is 77.2 Å². The van der Waals surface area contributed by atoms with E-state index in [-0.39, 0.29) is 23.2 Å². The summed E-state index contributed by atoms with van der Waals surface area (Å²) in [7, 11) is 0. The fourth-order valence-corrected chi connectivity index (χ4v) is 2.59. The van der Waals surface area contributed by atoms with Crippen molar-refractivity contribution < 1.29 is 23.0 Å². The average Bonchev–Trinajstić information content (AvgIpc) is 2.53. The van der Waals surface area contributed by atoms with Crippen molar-refractivity contribution >= 4 is 23.4 Å². The summed E-state index contributed by atoms with van der Waals surface area (Å²) < 4.78 is 42.8. The molecule has 8 heteroatoms. The van der Waals surface area contributed by atoms with Gasteiger partial charge in [0.15, 0.2) is 11.8 Å². The standard InChI is InChI=1S/C18H16ClF3N2O2/c1-10(23)26-17(24)9-16(25)14-8-12(4-7-15(14)19)11-2-5-13(6-3-11)18(20,21)22/h2-8,16,23-25H,9H2,1H3. The molecule has 0 fully saturated rings. The van der Waals surface area contributed by atoms with Gasteiger partial charge < -0.3 is 9.84 Å². The zero-order valence-electron chi connectivity index (χ0n) is 13.7. The van der Waals surface area contributed by atoms with Gasteiger partial charge in [-0.05, 0) is 35.4 Å². The van der Waals surface area contributed by atoms with Crippen molar-refractivity contribution in [3.8, 4) is 11.1 Å². The Bertz CT molecular complexity index is 820. The molecule has 4 nitrogen and oxygen atoms in total. The van der Waals surface area contributed by atoms with E-state index < -0.39 is 17.8 Å². The molecule has 0 saturated carbocycles. The van der Waals surface area contributed by atoms with Crippen molar-refractivity contribution in [1.82, 2.24) is 0 Å². The van der Waals surface area contributed by atoms with Crippen LogP contribution in [-0.2, 0) is 10.9 Å². The highest BCUT2D eigenvalue weighted by Gasteiger charge is 2.30. The van der Waals surface area contributed by atoms with Crippen LogP contribution >= 0.6 is 11.6 Å². The largest absolute Gasteiger partial charge is 0.430 e. The van der Waals surface area contributed by atoms with Gasteiger partial charge in [-0.1, -0.05) is 29.8 Å². The van der Waals surface area contributed by atoms with E-state index in [0.29, 0.717) is 16.7 Å². The van der Waals surface area contributed by atoms with Crippen molar-refractivity contribution in [3.63, 3.8) is 0 Å². The van der Waals surface area contributed by atoms with Crippen molar-refractivity contribution in [1.29, 1.82) is 10.8 Å². The van der Waals surface area contributed by atoms with E-state index in [0.717, 1.165) is 12.1 Å². The van der Waals surface area contributed by atoms with Crippen molar-refractivity contribution in [2.24, 2.45) is 0 Å². The summed E-state index contributed by atoms with van der Waals surface area (Å²) in [5.41, 5.74) is 0.681. The summed E-state index contributed by atoms with van der Waals surface area (Å²) in [6.45, 7) is 1.36. The highest BCUT2D eigenvalue weighted by molar-refractivity contribution is 6.31. The predicted molar refractivity (Wildman–Crippen MR) is 93.7 cm³/mol. The number of halogens is 4. The van der Waals surface area contributed by atoms with Gasteiger partial charge in [0.1, 0.15) is 0 Å². The minimum Gasteiger partial charge on any atom is -0.430 e. The summed E-state index contributed by atoms with van der Waals surface area (Å²) in [5, 5.41) is 25.3. The zero-order chi connectivity index (χ0) is 19.5. The summed E-state index contributed by atoms with van der Waals surface area (Å²) in [4.78, 5) is 0. The molecule has 2 rings (SSSR count). The van der Waals surface area contributed by atoms with Gasteiger partial charge in [0, 0.05) is 17.5 Å². The number of rotatable bonds is 4. The molecular weight excluding hydrogens is 369 g/mol. The smallest absolute Gasteiger partial charge is 0.416 e. The lowest BCUT2D eigenvalue weighted by Gasteiger charge is -2.15. The van der Waals surface area contributed by atoms with Gasteiger partial charge in [0.2, 0.25) is 0 Å². The molecule has 2 aromatic rings. The molecule has 0 saturated heterocycles. The lowest BCUT2D eigenvalue weighted by molar-refractivity contribution is -0.137. The SMILES string of the molecule is CC(=N)OC(=N)CC(O)c1cc(-c2ccc(C(F)(F)F)cc2)ccc1Cl. The van der Waals surface area contributed by atoms with Crippen LogP contribution in [0.4, 0.5) is 13.2 Å². The lowest BCUT2D eigenvalue weighted by atomic mass is 9.98. The van der Waals surface area contributed by atoms with Crippen LogP contribution in [0.25, 0.3) is 11.1 Å². The summed E-state index contributed by atoms with van der Waals surface area (Å²) in [6, 6.07) is 9.36. The van der Waals surface area contributed by atoms with E-state index >= 15 is 0 Å². The van der Waals surface area contributed by atoms with Crippen molar-refractivity contribution in [3.05, 3.63) is 58.6 Å². The Kier molecular flexibility index (Phi) is 6.05. The van der Waals surface area contributed by atoms with Gasteiger partial charge in [0.25, 0.3) is 0 Å². The third-order valence-electron chi connectivity index (χ3n) is 3.56. The second-order valence-corrected chi connectivity index (χ2v) is 6.02. The molecule has 0 radical (unpaired) electrons. The first kappa shape index (κ1) is 19.9. The van der Waals surface area contributed by atoms with E-state index in [1.807, 2.05) is 0 Å². The Hall–Kier alpha value is -2.38. The number of alkyl halides is 3. The van der Waals surface area contributed by atoms with Crippen LogP contribution in [-0.4, -0.2) is 16.9 Å². The van der Waals surface area contributed by atoms with Gasteiger partial charge in [-0.3, -0.25) is 10.8 Å². The van der Waals surface area contributed by atoms with Crippen LogP contribution < -0.4 is 0 Å². The molecule has 138 valence electrons. The number of hydrogen-bond acceptors (Lipinski definition) is 4. The van der Waals surface area contributed by atoms with E-state index in [9.17, 15) is 18.3 Å². The van der Waals surface area contributed by atoms with Crippen molar-refractivity contribution in [2.45, 2.75) is 25.6 Å². The molecule has 0 spiro atoms. The zero-order valence-corrected chi connectivity index (χ0v) is 14.4.